The number of carbonyl (C=O) groups is 3. The summed E-state index contributed by atoms with van der Waals surface area (Å²) in [5.74, 6) is -0.754. The fraction of sp³-hybridized carbons (Fsp3) is 0.914. The Balaban J connectivity index is 4.44. The molecule has 0 heterocycles. The van der Waals surface area contributed by atoms with Gasteiger partial charge in [0.15, 0.2) is 0 Å². The number of unbranched alkanes of at least 4 members (excludes halogenated alkanes) is 18. The summed E-state index contributed by atoms with van der Waals surface area (Å²) in [5, 5.41) is 0.926. The van der Waals surface area contributed by atoms with E-state index in [9.17, 15) is 14.4 Å². The second-order valence-electron chi connectivity index (χ2n) is 12.4. The molecule has 0 aromatic rings. The number of rotatable bonds is 31. The molecule has 0 unspecified atom stereocenters. The lowest BCUT2D eigenvalue weighted by Crippen LogP contribution is -2.37. The maximum absolute atomic E-state index is 12.4. The predicted octanol–water partition coefficient (Wildman–Crippen LogP) is 10.4. The van der Waals surface area contributed by atoms with Crippen molar-refractivity contribution in [1.29, 1.82) is 0 Å². The fourth-order valence-corrected chi connectivity index (χ4v) is 5.20. The van der Waals surface area contributed by atoms with Crippen LogP contribution in [-0.4, -0.2) is 43.1 Å². The van der Waals surface area contributed by atoms with Gasteiger partial charge in [0.2, 0.25) is 0 Å². The maximum Gasteiger partial charge on any atom is 0.305 e. The predicted molar refractivity (Wildman–Crippen MR) is 177 cm³/mol. The quantitative estimate of drug-likeness (QED) is 0.0318. The normalized spacial score (nSPS) is 11.4. The first-order chi connectivity index (χ1) is 20.4. The van der Waals surface area contributed by atoms with Crippen LogP contribution in [0.25, 0.3) is 0 Å². The van der Waals surface area contributed by atoms with Crippen molar-refractivity contribution in [3.8, 4) is 0 Å². The van der Waals surface area contributed by atoms with Gasteiger partial charge in [-0.05, 0) is 32.6 Å². The molecular weight excluding hydrogens is 596 g/mol. The Morgan fingerprint density at radius 2 is 0.714 bits per heavy atom. The highest BCUT2D eigenvalue weighted by Crippen LogP contribution is 2.21. The summed E-state index contributed by atoms with van der Waals surface area (Å²) < 4.78 is 16.7. The van der Waals surface area contributed by atoms with Gasteiger partial charge in [-0.1, -0.05) is 139 Å². The Bertz CT molecular complexity index is 615. The van der Waals surface area contributed by atoms with E-state index < -0.39 is 5.41 Å². The first-order valence-corrected chi connectivity index (χ1v) is 18.5. The van der Waals surface area contributed by atoms with Gasteiger partial charge in [0.1, 0.15) is 19.8 Å². The third-order valence-corrected chi connectivity index (χ3v) is 8.29. The summed E-state index contributed by atoms with van der Waals surface area (Å²) in [4.78, 5) is 37.2. The molecule has 6 nitrogen and oxygen atoms in total. The zero-order valence-corrected chi connectivity index (χ0v) is 29.2. The van der Waals surface area contributed by atoms with Crippen LogP contribution in [0.5, 0.6) is 0 Å². The van der Waals surface area contributed by atoms with Gasteiger partial charge in [-0.15, -0.1) is 0 Å². The van der Waals surface area contributed by atoms with Gasteiger partial charge in [0, 0.05) is 24.6 Å². The van der Waals surface area contributed by atoms with Crippen LogP contribution in [0.2, 0.25) is 0 Å². The molecule has 0 saturated heterocycles. The van der Waals surface area contributed by atoms with E-state index >= 15 is 0 Å². The third kappa shape index (κ3) is 27.7. The molecule has 7 heteroatoms. The molecule has 0 amide bonds. The summed E-state index contributed by atoms with van der Waals surface area (Å²) in [5.41, 5.74) is -0.770. The molecule has 0 N–H and O–H groups in total. The van der Waals surface area contributed by atoms with Crippen molar-refractivity contribution < 1.29 is 28.6 Å². The Kier molecular flexibility index (Phi) is 29.1. The van der Waals surface area contributed by atoms with E-state index in [1.54, 1.807) is 0 Å². The smallest absolute Gasteiger partial charge is 0.305 e. The van der Waals surface area contributed by atoms with Crippen molar-refractivity contribution in [3.05, 3.63) is 0 Å². The average molecular weight is 662 g/mol. The monoisotopic (exact) mass is 660 g/mol. The van der Waals surface area contributed by atoms with Crippen molar-refractivity contribution in [2.75, 3.05) is 25.2 Å². The first-order valence-electron chi connectivity index (χ1n) is 17.4. The van der Waals surface area contributed by atoms with E-state index in [4.69, 9.17) is 14.2 Å². The summed E-state index contributed by atoms with van der Waals surface area (Å²) in [6.07, 6.45) is 25.3. The Morgan fingerprint density at radius 1 is 0.452 bits per heavy atom. The molecule has 0 rings (SSSR count). The second kappa shape index (κ2) is 29.9. The minimum absolute atomic E-state index is 0.0564. The van der Waals surface area contributed by atoms with Crippen molar-refractivity contribution >= 4 is 33.8 Å². The van der Waals surface area contributed by atoms with E-state index in [1.165, 1.54) is 77.0 Å². The summed E-state index contributed by atoms with van der Waals surface area (Å²) in [7, 11) is 0. The minimum Gasteiger partial charge on any atom is -0.465 e. The Morgan fingerprint density at radius 3 is 1.00 bits per heavy atom. The van der Waals surface area contributed by atoms with Crippen LogP contribution in [0.15, 0.2) is 0 Å². The van der Waals surface area contributed by atoms with Gasteiger partial charge in [0.25, 0.3) is 0 Å². The number of halogens is 1. The van der Waals surface area contributed by atoms with Crippen LogP contribution in [0, 0.1) is 5.41 Å². The van der Waals surface area contributed by atoms with Crippen molar-refractivity contribution in [3.63, 3.8) is 0 Å². The van der Waals surface area contributed by atoms with E-state index in [1.807, 2.05) is 6.92 Å². The molecule has 0 aromatic carbocycles. The molecule has 0 bridgehead atoms. The number of carbonyl (C=O) groups excluding carboxylic acids is 3. The van der Waals surface area contributed by atoms with Gasteiger partial charge in [-0.25, -0.2) is 0 Å². The van der Waals surface area contributed by atoms with Gasteiger partial charge in [0.05, 0.1) is 5.41 Å². The average Bonchev–Trinajstić information content (AvgIpc) is 2.98. The Hall–Kier alpha value is -1.11. The largest absolute Gasteiger partial charge is 0.465 e. The molecule has 0 spiro atoms. The van der Waals surface area contributed by atoms with E-state index in [0.717, 1.165) is 63.1 Å². The van der Waals surface area contributed by atoms with E-state index in [-0.39, 0.29) is 37.7 Å². The molecule has 0 saturated carbocycles. The van der Waals surface area contributed by atoms with E-state index in [2.05, 4.69) is 29.8 Å². The summed E-state index contributed by atoms with van der Waals surface area (Å²) in [6.45, 7) is 6.49. The fourth-order valence-electron chi connectivity index (χ4n) is 4.81. The molecule has 0 aliphatic heterocycles. The highest BCUT2D eigenvalue weighted by molar-refractivity contribution is 9.09. The van der Waals surface area contributed by atoms with Gasteiger partial charge >= 0.3 is 17.9 Å². The molecule has 0 radical (unpaired) electrons. The lowest BCUT2D eigenvalue weighted by atomic mass is 9.94. The first kappa shape index (κ1) is 40.9. The topological polar surface area (TPSA) is 78.9 Å². The summed E-state index contributed by atoms with van der Waals surface area (Å²) >= 11 is 3.41. The zero-order chi connectivity index (χ0) is 31.2. The van der Waals surface area contributed by atoms with Crippen LogP contribution >= 0.6 is 15.9 Å². The molecule has 0 atom stereocenters. The number of esters is 3. The summed E-state index contributed by atoms with van der Waals surface area (Å²) in [6, 6.07) is 0. The van der Waals surface area contributed by atoms with Crippen LogP contribution in [0.3, 0.4) is 0 Å². The molecule has 248 valence electrons. The SMILES string of the molecule is CCCCCCCCCCCC(=O)OCC(C)(COC(=O)CCCCCBr)COC(=O)CCCCCCCCCCC. The number of hydrogen-bond donors (Lipinski definition) is 0. The standard InChI is InChI=1S/C35H65BrO6/c1-4-6-8-10-12-14-16-18-21-25-32(37)40-29-35(3,31-42-34(39)27-23-20-24-28-36)30-41-33(38)26-22-19-17-15-13-11-9-7-5-2/h4-31H2,1-3H3. The molecule has 0 aliphatic carbocycles. The van der Waals surface area contributed by atoms with Gasteiger partial charge < -0.3 is 14.2 Å². The minimum atomic E-state index is -0.770. The number of alkyl halides is 1. The van der Waals surface area contributed by atoms with Crippen LogP contribution < -0.4 is 0 Å². The third-order valence-electron chi connectivity index (χ3n) is 7.73. The lowest BCUT2D eigenvalue weighted by Gasteiger charge is -2.28. The molecule has 0 aliphatic rings. The highest BCUT2D eigenvalue weighted by atomic mass is 79.9. The Labute approximate surface area is 267 Å². The van der Waals surface area contributed by atoms with Gasteiger partial charge in [-0.2, -0.15) is 0 Å². The van der Waals surface area contributed by atoms with Crippen LogP contribution in [0.1, 0.15) is 175 Å². The highest BCUT2D eigenvalue weighted by Gasteiger charge is 2.30. The second-order valence-corrected chi connectivity index (χ2v) is 13.2. The van der Waals surface area contributed by atoms with Crippen molar-refractivity contribution in [2.45, 2.75) is 175 Å². The van der Waals surface area contributed by atoms with Crippen molar-refractivity contribution in [1.82, 2.24) is 0 Å². The van der Waals surface area contributed by atoms with Crippen LogP contribution in [-0.2, 0) is 28.6 Å². The lowest BCUT2D eigenvalue weighted by molar-refractivity contribution is -0.160. The number of hydrogen-bond acceptors (Lipinski definition) is 6. The number of ether oxygens (including phenoxy) is 3. The van der Waals surface area contributed by atoms with Crippen molar-refractivity contribution in [2.24, 2.45) is 5.41 Å². The maximum atomic E-state index is 12.4. The molecule has 42 heavy (non-hydrogen) atoms. The van der Waals surface area contributed by atoms with Gasteiger partial charge in [-0.3, -0.25) is 14.4 Å². The van der Waals surface area contributed by atoms with E-state index in [0.29, 0.717) is 19.3 Å². The molecule has 0 fully saturated rings. The van der Waals surface area contributed by atoms with Crippen LogP contribution in [0.4, 0.5) is 0 Å². The molecule has 0 aromatic heterocycles. The molecular formula is C35H65BrO6. The zero-order valence-electron chi connectivity index (χ0n) is 27.6.